The summed E-state index contributed by atoms with van der Waals surface area (Å²) in [4.78, 5) is 8.86. The number of likely N-dealkylation sites (N-methyl/N-ethyl adjacent to an activating group) is 1. The van der Waals surface area contributed by atoms with E-state index in [0.717, 1.165) is 46.9 Å². The average molecular weight is 665 g/mol. The summed E-state index contributed by atoms with van der Waals surface area (Å²) in [6.45, 7) is 5.56. The van der Waals surface area contributed by atoms with Gasteiger partial charge in [-0.25, -0.2) is 18.2 Å². The maximum absolute atomic E-state index is 15.4. The van der Waals surface area contributed by atoms with Crippen LogP contribution in [0.25, 0.3) is 16.7 Å². The van der Waals surface area contributed by atoms with Crippen LogP contribution in [0.15, 0.2) is 69.4 Å². The summed E-state index contributed by atoms with van der Waals surface area (Å²) in [5.74, 6) is -2.71. The maximum Gasteiger partial charge on any atom is 0.174 e. The van der Waals surface area contributed by atoms with Crippen LogP contribution in [0, 0.1) is 17.5 Å². The molecule has 13 heteroatoms. The Kier molecular flexibility index (Phi) is 8.47. The number of hydrogen-bond donors (Lipinski definition) is 1. The molecule has 0 amide bonds. The summed E-state index contributed by atoms with van der Waals surface area (Å²) in [6, 6.07) is 11.9. The van der Waals surface area contributed by atoms with E-state index in [2.05, 4.69) is 29.2 Å². The summed E-state index contributed by atoms with van der Waals surface area (Å²) < 4.78 is 58.3. The third-order valence-corrected chi connectivity index (χ3v) is 9.77. The minimum Gasteiger partial charge on any atom is -0.858 e. The second kappa shape index (κ2) is 12.3. The number of fused-ring (bicyclic) bond motifs is 1. The van der Waals surface area contributed by atoms with Gasteiger partial charge in [0.05, 0.1) is 50.7 Å². The quantitative estimate of drug-likeness (QED) is 0.0945. The van der Waals surface area contributed by atoms with E-state index in [-0.39, 0.29) is 34.5 Å². The largest absolute Gasteiger partial charge is 0.858 e. The number of hydrogen-bond acceptors (Lipinski definition) is 8. The van der Waals surface area contributed by atoms with Crippen LogP contribution in [0.4, 0.5) is 19.0 Å². The van der Waals surface area contributed by atoms with Crippen LogP contribution in [0.5, 0.6) is 5.75 Å². The molecule has 5 aromatic rings. The number of anilines is 1. The molecule has 6 rings (SSSR count). The molecule has 246 valence electrons. The van der Waals surface area contributed by atoms with Crippen molar-refractivity contribution in [3.8, 4) is 11.4 Å². The van der Waals surface area contributed by atoms with E-state index in [4.69, 9.17) is 15.0 Å². The number of likely N-dealkylation sites (tertiary alicyclic amines) is 1. The molecule has 0 spiro atoms. The zero-order valence-electron chi connectivity index (χ0n) is 26.7. The second-order valence-electron chi connectivity index (χ2n) is 12.9. The van der Waals surface area contributed by atoms with Crippen LogP contribution in [-0.4, -0.2) is 65.4 Å². The number of methoxy groups -OCH3 is 1. The number of aromatic nitrogens is 3. The van der Waals surface area contributed by atoms with Gasteiger partial charge in [-0.15, -0.1) is 0 Å². The van der Waals surface area contributed by atoms with Crippen molar-refractivity contribution in [2.75, 3.05) is 40.0 Å². The minimum atomic E-state index is -0.847. The lowest BCUT2D eigenvalue weighted by Gasteiger charge is -2.27. The fourth-order valence-electron chi connectivity index (χ4n) is 6.01. The fraction of sp³-hybridized carbons (Fsp3) is 0.324. The Morgan fingerprint density at radius 2 is 1.87 bits per heavy atom. The van der Waals surface area contributed by atoms with E-state index in [0.29, 0.717) is 34.1 Å². The molecule has 1 aliphatic heterocycles. The van der Waals surface area contributed by atoms with Crippen LogP contribution in [-0.2, 0) is 11.2 Å². The van der Waals surface area contributed by atoms with Crippen molar-refractivity contribution in [3.63, 3.8) is 0 Å². The third-order valence-electron chi connectivity index (χ3n) is 8.79. The summed E-state index contributed by atoms with van der Waals surface area (Å²) >= 11 is 1.10. The molecule has 0 bridgehead atoms. The first-order valence-electron chi connectivity index (χ1n) is 15.0. The van der Waals surface area contributed by atoms with E-state index in [1.165, 1.54) is 19.2 Å². The standard InChI is InChI=1S/C34H35F3N6O3S/c1-34(2,20-6-9-28-23(14-20)31(38)41-46-28)30-16-39-33(42(30)22-7-8-25(35)29(15-22)45-5)47-18-24-26(36)12-19(13-27(24)37)32(44)40-21-10-11-43(3,4)17-21/h6-9,12-16,21H,10-11,17-18H2,1-5H3,(H2-,38,40,41,44)/t21-/m0/s1. The summed E-state index contributed by atoms with van der Waals surface area (Å²) in [7, 11) is 5.49. The molecule has 3 heterocycles. The number of imidazole rings is 1. The number of rotatable bonds is 9. The number of benzene rings is 3. The Hall–Kier alpha value is -4.49. The molecule has 1 fully saturated rings. The van der Waals surface area contributed by atoms with Crippen LogP contribution >= 0.6 is 11.8 Å². The zero-order chi connectivity index (χ0) is 33.7. The second-order valence-corrected chi connectivity index (χ2v) is 13.9. The van der Waals surface area contributed by atoms with Crippen LogP contribution in [0.3, 0.4) is 0 Å². The number of nitrogens with two attached hydrogens (primary N) is 1. The maximum atomic E-state index is 15.4. The number of thioether (sulfide) groups is 1. The molecule has 1 atom stereocenters. The first-order valence-corrected chi connectivity index (χ1v) is 16.0. The SMILES string of the molecule is COc1cc(-n2c(C(C)(C)c3ccc4onc(N)c4c3)cnc2SCc2c(F)cc(C([O-])=N[C@H]3CC[N+](C)(C)C3)cc2F)ccc1F. The fourth-order valence-corrected chi connectivity index (χ4v) is 7.02. The van der Waals surface area contributed by atoms with Gasteiger partial charge in [0.15, 0.2) is 28.1 Å². The first-order chi connectivity index (χ1) is 22.3. The lowest BCUT2D eigenvalue weighted by atomic mass is 9.81. The molecule has 1 saturated heterocycles. The molecule has 0 aliphatic carbocycles. The molecule has 1 aliphatic rings. The van der Waals surface area contributed by atoms with Crippen molar-refractivity contribution < 1.29 is 32.0 Å². The Morgan fingerprint density at radius 3 is 2.55 bits per heavy atom. The lowest BCUT2D eigenvalue weighted by molar-refractivity contribution is -0.878. The molecule has 3 aromatic carbocycles. The molecule has 0 saturated carbocycles. The molecule has 0 radical (unpaired) electrons. The van der Waals surface area contributed by atoms with Crippen LogP contribution in [0.2, 0.25) is 0 Å². The van der Waals surface area contributed by atoms with E-state index in [1.54, 1.807) is 18.3 Å². The predicted molar refractivity (Wildman–Crippen MR) is 173 cm³/mol. The van der Waals surface area contributed by atoms with Crippen molar-refractivity contribution in [1.29, 1.82) is 0 Å². The van der Waals surface area contributed by atoms with E-state index < -0.39 is 28.8 Å². The monoisotopic (exact) mass is 664 g/mol. The van der Waals surface area contributed by atoms with Gasteiger partial charge in [-0.3, -0.25) is 9.56 Å². The normalized spacial score (nSPS) is 16.7. The van der Waals surface area contributed by atoms with E-state index in [1.807, 2.05) is 30.5 Å². The van der Waals surface area contributed by atoms with Crippen molar-refractivity contribution >= 4 is 34.4 Å². The number of halogens is 3. The Morgan fingerprint density at radius 1 is 1.13 bits per heavy atom. The molecule has 2 aromatic heterocycles. The van der Waals surface area contributed by atoms with Gasteiger partial charge in [0.25, 0.3) is 0 Å². The minimum absolute atomic E-state index is 0.0254. The van der Waals surface area contributed by atoms with Crippen LogP contribution in [0.1, 0.15) is 42.7 Å². The number of nitrogens with zero attached hydrogens (tertiary/aromatic N) is 5. The molecular weight excluding hydrogens is 629 g/mol. The Bertz CT molecular complexity index is 1980. The molecule has 47 heavy (non-hydrogen) atoms. The van der Waals surface area contributed by atoms with Gasteiger partial charge in [0, 0.05) is 29.2 Å². The summed E-state index contributed by atoms with van der Waals surface area (Å²) in [5.41, 5.74) is 7.67. The van der Waals surface area contributed by atoms with Gasteiger partial charge in [0.2, 0.25) is 0 Å². The highest BCUT2D eigenvalue weighted by molar-refractivity contribution is 7.98. The van der Waals surface area contributed by atoms with E-state index >= 15 is 8.78 Å². The molecule has 2 N–H and O–H groups in total. The van der Waals surface area contributed by atoms with Crippen molar-refractivity contribution in [2.24, 2.45) is 4.99 Å². The van der Waals surface area contributed by atoms with Gasteiger partial charge >= 0.3 is 0 Å². The zero-order valence-corrected chi connectivity index (χ0v) is 27.5. The van der Waals surface area contributed by atoms with Gasteiger partial charge < -0.3 is 24.6 Å². The van der Waals surface area contributed by atoms with Crippen molar-refractivity contribution in [1.82, 2.24) is 14.7 Å². The highest BCUT2D eigenvalue weighted by Gasteiger charge is 2.32. The summed E-state index contributed by atoms with van der Waals surface area (Å²) in [6.07, 6.45) is 2.42. The van der Waals surface area contributed by atoms with Gasteiger partial charge in [-0.05, 0) is 53.4 Å². The van der Waals surface area contributed by atoms with Crippen LogP contribution < -0.4 is 15.6 Å². The molecule has 9 nitrogen and oxygen atoms in total. The van der Waals surface area contributed by atoms with Gasteiger partial charge in [-0.2, -0.15) is 0 Å². The van der Waals surface area contributed by atoms with Gasteiger partial charge in [0.1, 0.15) is 24.2 Å². The lowest BCUT2D eigenvalue weighted by Crippen LogP contribution is -2.37. The molecule has 0 unspecified atom stereocenters. The predicted octanol–water partition coefficient (Wildman–Crippen LogP) is 5.60. The summed E-state index contributed by atoms with van der Waals surface area (Å²) in [5, 5.41) is 17.7. The van der Waals surface area contributed by atoms with E-state index in [9.17, 15) is 9.50 Å². The third kappa shape index (κ3) is 6.29. The van der Waals surface area contributed by atoms with Crippen molar-refractivity contribution in [2.45, 2.75) is 42.6 Å². The number of ether oxygens (including phenoxy) is 1. The van der Waals surface area contributed by atoms with Gasteiger partial charge in [-0.1, -0.05) is 36.8 Å². The van der Waals surface area contributed by atoms with Crippen molar-refractivity contribution in [3.05, 3.63) is 94.6 Å². The smallest absolute Gasteiger partial charge is 0.174 e. The number of aliphatic imine (C=N–C) groups is 1. The number of nitrogen functional groups attached to an aromatic ring is 1. The average Bonchev–Trinajstić information content (AvgIpc) is 3.73. The highest BCUT2D eigenvalue weighted by atomic mass is 32.2. The Labute approximate surface area is 274 Å². The highest BCUT2D eigenvalue weighted by Crippen LogP contribution is 2.39. The topological polar surface area (TPSA) is 115 Å². The molecular formula is C34H35F3N6O3S. The Balaban J connectivity index is 1.34. The first kappa shape index (κ1) is 32.5. The number of quaternary nitrogens is 1.